The highest BCUT2D eigenvalue weighted by Crippen LogP contribution is 2.27. The molecule has 4 N–H and O–H groups in total. The van der Waals surface area contributed by atoms with E-state index in [9.17, 15) is 24.0 Å². The third-order valence-corrected chi connectivity index (χ3v) is 7.86. The number of fused-ring (bicyclic) bond motifs is 16. The Morgan fingerprint density at radius 1 is 0.971 bits per heavy atom. The number of allylic oxidation sites excluding steroid dienone is 2. The molecule has 1 saturated heterocycles. The fourth-order valence-corrected chi connectivity index (χ4v) is 5.50. The van der Waals surface area contributed by atoms with E-state index in [0.717, 1.165) is 10.8 Å². The van der Waals surface area contributed by atoms with E-state index in [-0.39, 0.29) is 24.0 Å². The van der Waals surface area contributed by atoms with Crippen molar-refractivity contribution in [1.29, 1.82) is 0 Å². The number of ether oxygens (including phenoxy) is 1. The van der Waals surface area contributed by atoms with Crippen molar-refractivity contribution in [3.8, 4) is 0 Å². The Balaban J connectivity index is 2.55. The molecule has 0 aromatic heterocycles. The maximum Gasteiger partial charge on any atom is 0.329 e. The molecule has 4 unspecified atom stereocenters. The van der Waals surface area contributed by atoms with Crippen LogP contribution in [-0.2, 0) is 28.7 Å². The number of carbonyl (C=O) groups is 5. The summed E-state index contributed by atoms with van der Waals surface area (Å²) in [6.45, 7) is 8.63. The zero-order chi connectivity index (χ0) is 26.1. The second-order valence-corrected chi connectivity index (χ2v) is 11.5. The standard InChI is InChI=1S/C23H34N4O6S2/c1-6-15-19(29)26-18(13(4)5)23(32)33-14-9-7-8-10-34-35-22(21(31)24-15)27-20(30)17(12(2)3)25-16(28)11-14/h6-7,9,12-14,17-18,22H,8,10-11H2,1-5H3,(H,24,31)(H,25,28)(H,26,29)(H,27,30)/b9-7+,15-6-. The van der Waals surface area contributed by atoms with Crippen molar-refractivity contribution in [1.82, 2.24) is 21.3 Å². The Morgan fingerprint density at radius 3 is 2.29 bits per heavy atom. The molecule has 10 nitrogen and oxygen atoms in total. The van der Waals surface area contributed by atoms with Crippen molar-refractivity contribution >= 4 is 51.2 Å². The van der Waals surface area contributed by atoms with Gasteiger partial charge in [-0.25, -0.2) is 4.79 Å². The Bertz CT molecular complexity index is 889. The molecule has 4 amide bonds. The molecule has 35 heavy (non-hydrogen) atoms. The van der Waals surface area contributed by atoms with E-state index >= 15 is 0 Å². The number of carbonyl (C=O) groups excluding carboxylic acids is 5. The molecule has 0 aliphatic carbocycles. The van der Waals surface area contributed by atoms with Crippen molar-refractivity contribution in [2.24, 2.45) is 11.8 Å². The Hall–Kier alpha value is -2.47. The van der Waals surface area contributed by atoms with Gasteiger partial charge in [0.2, 0.25) is 11.8 Å². The van der Waals surface area contributed by atoms with Crippen LogP contribution >= 0.6 is 21.6 Å². The average Bonchev–Trinajstić information content (AvgIpc) is 2.78. The summed E-state index contributed by atoms with van der Waals surface area (Å²) in [6.07, 6.45) is 4.40. The van der Waals surface area contributed by atoms with Crippen molar-refractivity contribution < 1.29 is 28.7 Å². The summed E-state index contributed by atoms with van der Waals surface area (Å²) >= 11 is 0. The van der Waals surface area contributed by atoms with Crippen molar-refractivity contribution in [2.45, 2.75) is 71.0 Å². The van der Waals surface area contributed by atoms with Gasteiger partial charge in [-0.05, 0) is 31.3 Å². The average molecular weight is 527 g/mol. The van der Waals surface area contributed by atoms with Crippen molar-refractivity contribution in [3.63, 3.8) is 0 Å². The lowest BCUT2D eigenvalue weighted by Crippen LogP contribution is -2.55. The molecule has 194 valence electrons. The largest absolute Gasteiger partial charge is 0.456 e. The second-order valence-electron chi connectivity index (χ2n) is 8.88. The molecule has 3 rings (SSSR count). The summed E-state index contributed by atoms with van der Waals surface area (Å²) in [7, 11) is 2.53. The Labute approximate surface area is 213 Å². The molecule has 4 atom stereocenters. The lowest BCUT2D eigenvalue weighted by atomic mass is 10.0. The normalized spacial score (nSPS) is 29.8. The summed E-state index contributed by atoms with van der Waals surface area (Å²) in [5, 5.41) is 9.55. The van der Waals surface area contributed by atoms with Crippen LogP contribution in [0.3, 0.4) is 0 Å². The van der Waals surface area contributed by atoms with Gasteiger partial charge in [-0.15, -0.1) is 0 Å². The van der Waals surface area contributed by atoms with Gasteiger partial charge in [0.15, 0.2) is 5.37 Å². The first-order valence-electron chi connectivity index (χ1n) is 11.6. The predicted molar refractivity (Wildman–Crippen MR) is 136 cm³/mol. The topological polar surface area (TPSA) is 143 Å². The zero-order valence-corrected chi connectivity index (χ0v) is 22.2. The minimum Gasteiger partial charge on any atom is -0.456 e. The van der Waals surface area contributed by atoms with Crippen LogP contribution in [0.2, 0.25) is 0 Å². The lowest BCUT2D eigenvalue weighted by molar-refractivity contribution is -0.153. The molecule has 0 saturated carbocycles. The second kappa shape index (κ2) is 13.6. The monoisotopic (exact) mass is 526 g/mol. The van der Waals surface area contributed by atoms with Gasteiger partial charge in [0.25, 0.3) is 11.8 Å². The molecule has 1 fully saturated rings. The van der Waals surface area contributed by atoms with E-state index in [4.69, 9.17) is 4.74 Å². The molecule has 3 aliphatic rings. The van der Waals surface area contributed by atoms with E-state index in [0.29, 0.717) is 12.2 Å². The molecule has 3 aliphatic heterocycles. The van der Waals surface area contributed by atoms with Gasteiger partial charge in [0.05, 0.1) is 6.42 Å². The number of amides is 4. The third kappa shape index (κ3) is 8.60. The number of rotatable bonds is 2. The number of hydrogen-bond acceptors (Lipinski definition) is 8. The van der Waals surface area contributed by atoms with E-state index in [1.807, 2.05) is 6.08 Å². The van der Waals surface area contributed by atoms with Crippen LogP contribution in [0, 0.1) is 11.8 Å². The van der Waals surface area contributed by atoms with Crippen molar-refractivity contribution in [3.05, 3.63) is 23.9 Å². The number of hydrogen-bond donors (Lipinski definition) is 4. The van der Waals surface area contributed by atoms with Gasteiger partial charge in [-0.2, -0.15) is 0 Å². The first-order valence-corrected chi connectivity index (χ1v) is 13.9. The smallest absolute Gasteiger partial charge is 0.329 e. The van der Waals surface area contributed by atoms with Crippen molar-refractivity contribution in [2.75, 3.05) is 5.75 Å². The molecule has 0 aromatic rings. The van der Waals surface area contributed by atoms with Crippen LogP contribution in [0.25, 0.3) is 0 Å². The minimum atomic E-state index is -1.02. The van der Waals surface area contributed by atoms with Crippen LogP contribution in [0.15, 0.2) is 23.9 Å². The summed E-state index contributed by atoms with van der Waals surface area (Å²) in [4.78, 5) is 64.9. The Kier molecular flexibility index (Phi) is 11.2. The molecule has 12 heteroatoms. The zero-order valence-electron chi connectivity index (χ0n) is 20.6. The predicted octanol–water partition coefficient (Wildman–Crippen LogP) is 1.39. The van der Waals surface area contributed by atoms with Gasteiger partial charge in [0, 0.05) is 5.75 Å². The fourth-order valence-electron chi connectivity index (χ4n) is 3.33. The maximum absolute atomic E-state index is 13.1. The SMILES string of the molecule is C/C=C1\NC(=O)C2NC(=O)C(C(C)C)NC(=O)CC(/C=C/CCSS2)OC(=O)C(C(C)C)NC1=O. The molecular formula is C23H34N4O6S2. The van der Waals surface area contributed by atoms with Gasteiger partial charge >= 0.3 is 5.97 Å². The summed E-state index contributed by atoms with van der Waals surface area (Å²) in [5.41, 5.74) is -0.0531. The summed E-state index contributed by atoms with van der Waals surface area (Å²) in [6, 6.07) is -1.91. The number of nitrogens with one attached hydrogen (secondary N) is 4. The van der Waals surface area contributed by atoms with Gasteiger partial charge in [0.1, 0.15) is 23.9 Å². The van der Waals surface area contributed by atoms with Gasteiger partial charge in [-0.1, -0.05) is 61.4 Å². The molecule has 3 heterocycles. The van der Waals surface area contributed by atoms with Crippen LogP contribution in [0.4, 0.5) is 0 Å². The summed E-state index contributed by atoms with van der Waals surface area (Å²) in [5.74, 6) is -2.96. The van der Waals surface area contributed by atoms with Gasteiger partial charge in [-0.3, -0.25) is 19.2 Å². The highest BCUT2D eigenvalue weighted by atomic mass is 33.1. The highest BCUT2D eigenvalue weighted by molar-refractivity contribution is 8.77. The van der Waals surface area contributed by atoms with Crippen LogP contribution in [-0.4, -0.2) is 58.9 Å². The quantitative estimate of drug-likeness (QED) is 0.139. The number of esters is 1. The first kappa shape index (κ1) is 28.8. The minimum absolute atomic E-state index is 0.0531. The van der Waals surface area contributed by atoms with E-state index in [1.54, 1.807) is 40.7 Å². The van der Waals surface area contributed by atoms with Crippen LogP contribution < -0.4 is 21.3 Å². The molecular weight excluding hydrogens is 492 g/mol. The fraction of sp³-hybridized carbons (Fsp3) is 0.609. The third-order valence-electron chi connectivity index (χ3n) is 5.31. The van der Waals surface area contributed by atoms with E-state index in [2.05, 4.69) is 21.3 Å². The molecule has 0 spiro atoms. The molecule has 0 aromatic carbocycles. The van der Waals surface area contributed by atoms with Gasteiger partial charge < -0.3 is 26.0 Å². The van der Waals surface area contributed by atoms with E-state index < -0.39 is 53.2 Å². The van der Waals surface area contributed by atoms with Crippen LogP contribution in [0.1, 0.15) is 47.5 Å². The van der Waals surface area contributed by atoms with E-state index in [1.165, 1.54) is 16.9 Å². The Morgan fingerprint density at radius 2 is 1.66 bits per heavy atom. The first-order chi connectivity index (χ1) is 16.5. The van der Waals surface area contributed by atoms with Crippen LogP contribution in [0.5, 0.6) is 0 Å². The molecule has 2 bridgehead atoms. The lowest BCUT2D eigenvalue weighted by Gasteiger charge is -2.28. The molecule has 0 radical (unpaired) electrons. The maximum atomic E-state index is 13.1. The summed E-state index contributed by atoms with van der Waals surface area (Å²) < 4.78 is 5.63. The highest BCUT2D eigenvalue weighted by Gasteiger charge is 2.33.